The van der Waals surface area contributed by atoms with Crippen molar-refractivity contribution in [3.63, 3.8) is 0 Å². The van der Waals surface area contributed by atoms with Gasteiger partial charge in [0.1, 0.15) is 17.2 Å². The summed E-state index contributed by atoms with van der Waals surface area (Å²) in [4.78, 5) is 0. The van der Waals surface area contributed by atoms with E-state index in [-0.39, 0.29) is 16.9 Å². The van der Waals surface area contributed by atoms with Crippen LogP contribution >= 0.6 is 0 Å². The maximum absolute atomic E-state index is 16.8. The predicted octanol–water partition coefficient (Wildman–Crippen LogP) is 17.5. The minimum atomic E-state index is -4.98. The van der Waals surface area contributed by atoms with E-state index in [4.69, 9.17) is 0 Å². The van der Waals surface area contributed by atoms with Gasteiger partial charge in [-0.1, -0.05) is 152 Å². The van der Waals surface area contributed by atoms with Gasteiger partial charge in [-0.25, -0.2) is 8.78 Å². The number of hydrogen-bond donors (Lipinski definition) is 0. The van der Waals surface area contributed by atoms with E-state index in [1.807, 2.05) is 194 Å². The fourth-order valence-electron chi connectivity index (χ4n) is 9.98. The van der Waals surface area contributed by atoms with Crippen molar-refractivity contribution in [2.24, 2.45) is 0 Å². The van der Waals surface area contributed by atoms with Crippen LogP contribution in [0.15, 0.2) is 224 Å². The van der Waals surface area contributed by atoms with Gasteiger partial charge in [-0.15, -0.1) is 0 Å². The highest BCUT2D eigenvalue weighted by Gasteiger charge is 2.40. The summed E-state index contributed by atoms with van der Waals surface area (Å²) in [5, 5.41) is 2.87. The summed E-state index contributed by atoms with van der Waals surface area (Å²) in [6.07, 6.45) is -4.98. The summed E-state index contributed by atoms with van der Waals surface area (Å²) in [5.74, 6) is -1.79. The molecule has 0 atom stereocenters. The normalized spacial score (nSPS) is 11.9. The van der Waals surface area contributed by atoms with Gasteiger partial charge in [0.15, 0.2) is 0 Å². The lowest BCUT2D eigenvalue weighted by atomic mass is 9.98. The van der Waals surface area contributed by atoms with E-state index in [0.29, 0.717) is 22.1 Å². The molecule has 0 bridgehead atoms. The van der Waals surface area contributed by atoms with E-state index in [2.05, 4.69) is 0 Å². The summed E-state index contributed by atoms with van der Waals surface area (Å²) in [6.45, 7) is 0. The van der Waals surface area contributed by atoms with Gasteiger partial charge in [-0.05, 0) is 123 Å². The van der Waals surface area contributed by atoms with Crippen LogP contribution in [0.5, 0.6) is 0 Å². The Labute approximate surface area is 388 Å². The molecule has 0 saturated carbocycles. The summed E-state index contributed by atoms with van der Waals surface area (Å²) < 4.78 is 85.8. The molecule has 0 aliphatic carbocycles. The van der Waals surface area contributed by atoms with Crippen LogP contribution in [-0.2, 0) is 6.18 Å². The molecule has 0 unspecified atom stereocenters. The molecule has 68 heavy (non-hydrogen) atoms. The number of aromatic nitrogens is 2. The maximum atomic E-state index is 16.8. The van der Waals surface area contributed by atoms with E-state index in [1.165, 1.54) is 18.2 Å². The Bertz CT molecular complexity index is 3460. The minimum Gasteiger partial charge on any atom is -0.309 e. The molecular weight excluding hydrogens is 856 g/mol. The van der Waals surface area contributed by atoms with Crippen molar-refractivity contribution in [1.82, 2.24) is 9.13 Å². The van der Waals surface area contributed by atoms with Crippen LogP contribution in [0.2, 0.25) is 0 Å². The SMILES string of the molecule is Fc1cccc(F)c1-c1cc(-n2c3ccc(-c4ccccc4)cc3c3cc(-c4ccccc4)ccc32)c(C(F)(F)F)c(-n2c3ccc(-c4ccccc4)cc3c3cc(-c4ccccc4)ccc32)c1. The molecule has 0 saturated heterocycles. The third kappa shape index (κ3) is 6.85. The van der Waals surface area contributed by atoms with Gasteiger partial charge in [0.25, 0.3) is 0 Å². The predicted molar refractivity (Wildman–Crippen MR) is 267 cm³/mol. The lowest BCUT2D eigenvalue weighted by Gasteiger charge is -2.23. The van der Waals surface area contributed by atoms with Gasteiger partial charge < -0.3 is 9.13 Å². The van der Waals surface area contributed by atoms with E-state index in [9.17, 15) is 0 Å². The van der Waals surface area contributed by atoms with Crippen LogP contribution in [0.3, 0.4) is 0 Å². The molecule has 10 aromatic carbocycles. The van der Waals surface area contributed by atoms with Crippen molar-refractivity contribution in [1.29, 1.82) is 0 Å². The molecule has 0 spiro atoms. The molecular formula is C61H37F5N2. The molecule has 0 aliphatic rings. The fourth-order valence-corrected chi connectivity index (χ4v) is 9.98. The number of benzene rings is 10. The molecule has 2 heterocycles. The lowest BCUT2D eigenvalue weighted by molar-refractivity contribution is -0.137. The summed E-state index contributed by atoms with van der Waals surface area (Å²) in [6, 6.07) is 68.3. The zero-order valence-corrected chi connectivity index (χ0v) is 36.1. The second-order valence-electron chi connectivity index (χ2n) is 17.0. The second kappa shape index (κ2) is 16.1. The second-order valence-corrected chi connectivity index (χ2v) is 17.0. The number of halogens is 5. The highest BCUT2D eigenvalue weighted by Crippen LogP contribution is 2.48. The van der Waals surface area contributed by atoms with Crippen molar-refractivity contribution >= 4 is 43.6 Å². The topological polar surface area (TPSA) is 9.86 Å². The standard InChI is InChI=1S/C61H37F5N2/c62-51-22-13-23-52(63)59(51)46-36-57(67-53-28-24-42(38-14-5-1-6-15-38)32-47(53)48-33-43(25-29-54(48)67)39-16-7-2-8-17-39)60(61(64,65)66)58(37-46)68-55-30-26-44(40-18-9-3-10-19-40)34-49(55)50-35-45(27-31-56(50)68)41-20-11-4-12-21-41/h1-37H. The first kappa shape index (κ1) is 40.9. The van der Waals surface area contributed by atoms with E-state index < -0.39 is 28.9 Å². The van der Waals surface area contributed by atoms with Crippen LogP contribution in [0.4, 0.5) is 22.0 Å². The highest BCUT2D eigenvalue weighted by molar-refractivity contribution is 6.13. The van der Waals surface area contributed by atoms with Crippen molar-refractivity contribution in [3.8, 4) is 67.0 Å². The largest absolute Gasteiger partial charge is 0.420 e. The molecule has 12 aromatic rings. The van der Waals surface area contributed by atoms with Gasteiger partial charge in [0, 0.05) is 21.5 Å². The Hall–Kier alpha value is -8.55. The van der Waals surface area contributed by atoms with Gasteiger partial charge >= 0.3 is 6.18 Å². The molecule has 326 valence electrons. The average molecular weight is 893 g/mol. The molecule has 7 heteroatoms. The van der Waals surface area contributed by atoms with E-state index >= 15 is 22.0 Å². The molecule has 0 N–H and O–H groups in total. The van der Waals surface area contributed by atoms with Crippen molar-refractivity contribution in [2.75, 3.05) is 0 Å². The monoisotopic (exact) mass is 892 g/mol. The Morgan fingerprint density at radius 1 is 0.279 bits per heavy atom. The summed E-state index contributed by atoms with van der Waals surface area (Å²) in [7, 11) is 0. The smallest absolute Gasteiger partial charge is 0.309 e. The van der Waals surface area contributed by atoms with E-state index in [1.54, 1.807) is 9.13 Å². The Kier molecular flexibility index (Phi) is 9.69. The van der Waals surface area contributed by atoms with Crippen LogP contribution in [0.25, 0.3) is 111 Å². The Morgan fingerprint density at radius 2 is 0.574 bits per heavy atom. The minimum absolute atomic E-state index is 0.0489. The van der Waals surface area contributed by atoms with Crippen molar-refractivity contribution in [2.45, 2.75) is 6.18 Å². The van der Waals surface area contributed by atoms with Crippen LogP contribution in [0.1, 0.15) is 5.56 Å². The average Bonchev–Trinajstić information content (AvgIpc) is 3.88. The highest BCUT2D eigenvalue weighted by atomic mass is 19.4. The number of fused-ring (bicyclic) bond motifs is 6. The fraction of sp³-hybridized carbons (Fsp3) is 0.0164. The van der Waals surface area contributed by atoms with Crippen molar-refractivity contribution in [3.05, 3.63) is 242 Å². The third-order valence-electron chi connectivity index (χ3n) is 13.1. The van der Waals surface area contributed by atoms with E-state index in [0.717, 1.165) is 78.2 Å². The molecule has 0 aliphatic heterocycles. The van der Waals surface area contributed by atoms with Gasteiger partial charge in [0.2, 0.25) is 0 Å². The van der Waals surface area contributed by atoms with Crippen LogP contribution < -0.4 is 0 Å². The number of alkyl halides is 3. The molecule has 12 rings (SSSR count). The van der Waals surface area contributed by atoms with Gasteiger partial charge in [0.05, 0.1) is 39.0 Å². The first-order valence-electron chi connectivity index (χ1n) is 22.3. The Balaban J connectivity index is 1.22. The zero-order valence-electron chi connectivity index (χ0n) is 36.1. The first-order valence-corrected chi connectivity index (χ1v) is 22.3. The maximum Gasteiger partial charge on any atom is 0.420 e. The third-order valence-corrected chi connectivity index (χ3v) is 13.1. The Morgan fingerprint density at radius 3 is 0.853 bits per heavy atom. The number of nitrogens with zero attached hydrogens (tertiary/aromatic N) is 2. The molecule has 0 radical (unpaired) electrons. The molecule has 2 aromatic heterocycles. The van der Waals surface area contributed by atoms with Gasteiger partial charge in [-0.3, -0.25) is 0 Å². The number of hydrogen-bond acceptors (Lipinski definition) is 0. The van der Waals surface area contributed by atoms with Crippen molar-refractivity contribution < 1.29 is 22.0 Å². The van der Waals surface area contributed by atoms with Crippen LogP contribution in [-0.4, -0.2) is 9.13 Å². The summed E-state index contributed by atoms with van der Waals surface area (Å²) >= 11 is 0. The lowest BCUT2D eigenvalue weighted by Crippen LogP contribution is -2.16. The first-order chi connectivity index (χ1) is 33.2. The number of rotatable bonds is 7. The molecule has 0 fully saturated rings. The molecule has 2 nitrogen and oxygen atoms in total. The van der Waals surface area contributed by atoms with Gasteiger partial charge in [-0.2, -0.15) is 13.2 Å². The van der Waals surface area contributed by atoms with Crippen LogP contribution in [0, 0.1) is 11.6 Å². The summed E-state index contributed by atoms with van der Waals surface area (Å²) in [5.41, 5.74) is 7.32. The zero-order chi connectivity index (χ0) is 46.1. The molecule has 0 amide bonds. The quantitative estimate of drug-likeness (QED) is 0.141.